The summed E-state index contributed by atoms with van der Waals surface area (Å²) in [7, 11) is 0. The largest absolute Gasteiger partial charge is 0.481 e. The van der Waals surface area contributed by atoms with E-state index in [0.29, 0.717) is 18.8 Å². The zero-order chi connectivity index (χ0) is 33.1. The molecule has 0 bridgehead atoms. The number of rotatable bonds is 4. The van der Waals surface area contributed by atoms with E-state index in [2.05, 4.69) is 66.7 Å². The first-order valence-corrected chi connectivity index (χ1v) is 17.0. The molecular weight excluding hydrogens is 576 g/mol. The Kier molecular flexibility index (Phi) is 7.63. The zero-order valence-electron chi connectivity index (χ0n) is 28.0. The van der Waals surface area contributed by atoms with E-state index in [1.165, 1.54) is 5.57 Å². The third-order valence-corrected chi connectivity index (χ3v) is 14.5. The highest BCUT2D eigenvalue weighted by atomic mass is 16.7. The summed E-state index contributed by atoms with van der Waals surface area (Å²) in [5.74, 6) is -1.50. The molecule has 45 heavy (non-hydrogen) atoms. The molecule has 0 radical (unpaired) electrons. The van der Waals surface area contributed by atoms with Crippen LogP contribution in [-0.4, -0.2) is 74.3 Å². The predicted octanol–water partition coefficient (Wildman–Crippen LogP) is 4.93. The predicted molar refractivity (Wildman–Crippen MR) is 166 cm³/mol. The Labute approximate surface area is 267 Å². The van der Waals surface area contributed by atoms with Crippen molar-refractivity contribution in [2.45, 2.75) is 137 Å². The van der Waals surface area contributed by atoms with E-state index < -0.39 is 48.1 Å². The molecule has 0 unspecified atom stereocenters. The number of allylic oxidation sites excluding steroid dienone is 3. The Morgan fingerprint density at radius 1 is 0.844 bits per heavy atom. The highest BCUT2D eigenvalue weighted by molar-refractivity contribution is 5.79. The molecule has 6 aliphatic rings. The van der Waals surface area contributed by atoms with Crippen molar-refractivity contribution >= 4 is 11.9 Å². The number of carboxylic acid groups (broad SMARTS) is 2. The van der Waals surface area contributed by atoms with Crippen LogP contribution in [-0.2, 0) is 19.1 Å². The third-order valence-electron chi connectivity index (χ3n) is 14.5. The van der Waals surface area contributed by atoms with Crippen LogP contribution in [0.25, 0.3) is 0 Å². The summed E-state index contributed by atoms with van der Waals surface area (Å²) in [5.41, 5.74) is -0.112. The standard InChI is InChI=1S/C36H54O9/c1-31(2)14-16-36(30(42)43)17-15-34(6)19(20(36)18-31)8-9-22-33(5)12-11-23(32(3,4)21(33)10-13-35(22,34)7)44-29-26(39)24(37)25(38)27(45-29)28(40)41/h8,15,17,20-27,29,37-39H,9-14,16,18H2,1-7H3,(H,40,41)(H,42,43)/t20-,21-,22+,23-,24-,25-,26+,27-,29+,33-,34+,35+,36-/m0/s1. The smallest absolute Gasteiger partial charge is 0.335 e. The van der Waals surface area contributed by atoms with Gasteiger partial charge in [-0.3, -0.25) is 4.79 Å². The molecule has 9 nitrogen and oxygen atoms in total. The Balaban J connectivity index is 1.30. The number of fused-ring (bicyclic) bond motifs is 7. The van der Waals surface area contributed by atoms with Crippen LogP contribution in [0.15, 0.2) is 23.8 Å². The molecule has 1 aliphatic heterocycles. The lowest BCUT2D eigenvalue weighted by Gasteiger charge is -2.70. The molecule has 0 aromatic carbocycles. The Morgan fingerprint density at radius 3 is 2.18 bits per heavy atom. The van der Waals surface area contributed by atoms with Gasteiger partial charge in [-0.05, 0) is 84.9 Å². The summed E-state index contributed by atoms with van der Waals surface area (Å²) >= 11 is 0. The molecule has 9 heteroatoms. The van der Waals surface area contributed by atoms with Gasteiger partial charge in [-0.15, -0.1) is 0 Å². The van der Waals surface area contributed by atoms with Crippen molar-refractivity contribution in [3.63, 3.8) is 0 Å². The molecule has 13 atom stereocenters. The molecule has 252 valence electrons. The maximum atomic E-state index is 12.9. The van der Waals surface area contributed by atoms with Gasteiger partial charge >= 0.3 is 11.9 Å². The van der Waals surface area contributed by atoms with Crippen molar-refractivity contribution in [3.8, 4) is 0 Å². The minimum absolute atomic E-state index is 0.0111. The number of aliphatic hydroxyl groups is 3. The van der Waals surface area contributed by atoms with Crippen molar-refractivity contribution in [2.24, 2.45) is 50.2 Å². The average molecular weight is 631 g/mol. The van der Waals surface area contributed by atoms with Gasteiger partial charge in [0, 0.05) is 11.3 Å². The number of ether oxygens (including phenoxy) is 2. The van der Waals surface area contributed by atoms with E-state index in [1.807, 2.05) is 0 Å². The van der Waals surface area contributed by atoms with Gasteiger partial charge < -0.3 is 35.0 Å². The molecule has 5 aliphatic carbocycles. The number of aliphatic carboxylic acids is 2. The third kappa shape index (κ3) is 4.50. The minimum atomic E-state index is -1.75. The molecule has 0 aromatic heterocycles. The Bertz CT molecular complexity index is 1300. The fraction of sp³-hybridized carbons (Fsp3) is 0.833. The van der Waals surface area contributed by atoms with Gasteiger partial charge in [0.1, 0.15) is 18.3 Å². The second-order valence-electron chi connectivity index (χ2n) is 17.5. The van der Waals surface area contributed by atoms with Crippen molar-refractivity contribution in [1.29, 1.82) is 0 Å². The van der Waals surface area contributed by atoms with E-state index >= 15 is 0 Å². The van der Waals surface area contributed by atoms with Crippen LogP contribution in [0.2, 0.25) is 0 Å². The molecular formula is C36H54O9. The summed E-state index contributed by atoms with van der Waals surface area (Å²) < 4.78 is 11.9. The molecule has 3 saturated carbocycles. The molecule has 5 N–H and O–H groups in total. The maximum Gasteiger partial charge on any atom is 0.335 e. The normalized spacial score (nSPS) is 51.5. The van der Waals surface area contributed by atoms with Crippen molar-refractivity contribution in [1.82, 2.24) is 0 Å². The summed E-state index contributed by atoms with van der Waals surface area (Å²) in [5, 5.41) is 51.3. The fourth-order valence-corrected chi connectivity index (χ4v) is 11.6. The van der Waals surface area contributed by atoms with Gasteiger partial charge in [-0.25, -0.2) is 4.79 Å². The van der Waals surface area contributed by atoms with Crippen LogP contribution < -0.4 is 0 Å². The highest BCUT2D eigenvalue weighted by Gasteiger charge is 2.68. The fourth-order valence-electron chi connectivity index (χ4n) is 11.6. The lowest BCUT2D eigenvalue weighted by atomic mass is 9.34. The second-order valence-corrected chi connectivity index (χ2v) is 17.5. The lowest BCUT2D eigenvalue weighted by Crippen LogP contribution is -2.65. The second kappa shape index (κ2) is 10.4. The van der Waals surface area contributed by atoms with E-state index in [-0.39, 0.29) is 45.0 Å². The summed E-state index contributed by atoms with van der Waals surface area (Å²) in [6.07, 6.45) is 5.20. The van der Waals surface area contributed by atoms with Gasteiger partial charge in [0.15, 0.2) is 12.4 Å². The van der Waals surface area contributed by atoms with E-state index in [9.17, 15) is 35.1 Å². The molecule has 1 saturated heterocycles. The quantitative estimate of drug-likeness (QED) is 0.215. The van der Waals surface area contributed by atoms with Gasteiger partial charge in [0.2, 0.25) is 0 Å². The van der Waals surface area contributed by atoms with Gasteiger partial charge in [-0.1, -0.05) is 72.3 Å². The number of aliphatic hydroxyl groups excluding tert-OH is 3. The van der Waals surface area contributed by atoms with Crippen LogP contribution in [0.3, 0.4) is 0 Å². The number of carboxylic acids is 2. The first-order valence-electron chi connectivity index (χ1n) is 17.0. The molecule has 0 amide bonds. The number of hydrogen-bond acceptors (Lipinski definition) is 7. The highest BCUT2D eigenvalue weighted by Crippen LogP contribution is 2.74. The number of hydrogen-bond donors (Lipinski definition) is 5. The summed E-state index contributed by atoms with van der Waals surface area (Å²) in [6, 6.07) is 0. The molecule has 0 aromatic rings. The monoisotopic (exact) mass is 630 g/mol. The van der Waals surface area contributed by atoms with Crippen molar-refractivity contribution in [2.75, 3.05) is 0 Å². The van der Waals surface area contributed by atoms with Crippen LogP contribution in [0.4, 0.5) is 0 Å². The van der Waals surface area contributed by atoms with Crippen LogP contribution in [0, 0.1) is 50.2 Å². The van der Waals surface area contributed by atoms with E-state index in [1.54, 1.807) is 0 Å². The first kappa shape index (κ1) is 33.1. The van der Waals surface area contributed by atoms with Gasteiger partial charge in [-0.2, -0.15) is 0 Å². The Hall–Kier alpha value is -1.78. The zero-order valence-corrected chi connectivity index (χ0v) is 28.0. The van der Waals surface area contributed by atoms with E-state index in [0.717, 1.165) is 38.5 Å². The summed E-state index contributed by atoms with van der Waals surface area (Å²) in [4.78, 5) is 24.6. The van der Waals surface area contributed by atoms with Crippen LogP contribution in [0.1, 0.15) is 99.8 Å². The summed E-state index contributed by atoms with van der Waals surface area (Å²) in [6.45, 7) is 16.2. The minimum Gasteiger partial charge on any atom is -0.481 e. The Morgan fingerprint density at radius 2 is 1.53 bits per heavy atom. The number of carbonyl (C=O) groups is 2. The maximum absolute atomic E-state index is 12.9. The first-order chi connectivity index (χ1) is 20.7. The molecule has 0 spiro atoms. The van der Waals surface area contributed by atoms with Crippen molar-refractivity contribution < 1.29 is 44.6 Å². The molecule has 1 heterocycles. The van der Waals surface area contributed by atoms with Crippen LogP contribution in [0.5, 0.6) is 0 Å². The van der Waals surface area contributed by atoms with E-state index in [4.69, 9.17) is 9.47 Å². The van der Waals surface area contributed by atoms with Crippen molar-refractivity contribution in [3.05, 3.63) is 23.8 Å². The molecule has 4 fully saturated rings. The van der Waals surface area contributed by atoms with Gasteiger partial charge in [0.05, 0.1) is 11.5 Å². The topological polar surface area (TPSA) is 154 Å². The average Bonchev–Trinajstić information content (AvgIpc) is 2.94. The SMILES string of the molecule is CC1(C)CC[C@]2(C(=O)O)C=C[C@]3(C)C(=CC[C@@H]4[C@@]5(C)CC[C@H](O[C@@H]6O[C@H](C(=O)O)[C@@H](O)[C@H](O)[C@H]6O)C(C)(C)[C@@H]5CC[C@]43C)[C@@H]2C1. The lowest BCUT2D eigenvalue weighted by molar-refractivity contribution is -0.323. The van der Waals surface area contributed by atoms with Gasteiger partial charge in [0.25, 0.3) is 0 Å². The molecule has 6 rings (SSSR count). The van der Waals surface area contributed by atoms with Crippen LogP contribution >= 0.6 is 0 Å².